The van der Waals surface area contributed by atoms with E-state index in [9.17, 15) is 4.79 Å². The zero-order chi connectivity index (χ0) is 19.9. The van der Waals surface area contributed by atoms with Crippen molar-refractivity contribution in [3.8, 4) is 5.75 Å². The monoisotopic (exact) mass is 379 g/mol. The number of hydrogen-bond acceptors (Lipinski definition) is 4. The van der Waals surface area contributed by atoms with Crippen LogP contribution in [0.1, 0.15) is 43.6 Å². The second-order valence-corrected chi connectivity index (χ2v) is 8.40. The molecule has 0 atom stereocenters. The Hall–Kier alpha value is -2.31. The SMILES string of the molecule is CC1(C)OB(c2ccc3c(c2)OCCN(Cc2ccccc2)C3=O)OC1(C)C. The number of rotatable bonds is 3. The molecule has 28 heavy (non-hydrogen) atoms. The van der Waals surface area contributed by atoms with Crippen molar-refractivity contribution in [2.75, 3.05) is 13.2 Å². The number of amides is 1. The fraction of sp³-hybridized carbons (Fsp3) is 0.409. The number of ether oxygens (including phenoxy) is 1. The van der Waals surface area contributed by atoms with Crippen LogP contribution in [-0.4, -0.2) is 42.3 Å². The second kappa shape index (κ2) is 6.94. The van der Waals surface area contributed by atoms with E-state index in [1.165, 1.54) is 0 Å². The fourth-order valence-corrected chi connectivity index (χ4v) is 3.45. The number of benzene rings is 2. The largest absolute Gasteiger partial charge is 0.494 e. The van der Waals surface area contributed by atoms with Crippen LogP contribution in [0.5, 0.6) is 5.75 Å². The van der Waals surface area contributed by atoms with E-state index in [2.05, 4.69) is 0 Å². The van der Waals surface area contributed by atoms with Crippen LogP contribution in [0.4, 0.5) is 0 Å². The second-order valence-electron chi connectivity index (χ2n) is 8.40. The highest BCUT2D eigenvalue weighted by atomic mass is 16.7. The Balaban J connectivity index is 1.57. The highest BCUT2D eigenvalue weighted by Gasteiger charge is 2.51. The fourth-order valence-electron chi connectivity index (χ4n) is 3.45. The zero-order valence-corrected chi connectivity index (χ0v) is 16.9. The molecule has 2 heterocycles. The van der Waals surface area contributed by atoms with Gasteiger partial charge in [0.2, 0.25) is 0 Å². The predicted octanol–water partition coefficient (Wildman–Crippen LogP) is 3.02. The van der Waals surface area contributed by atoms with Gasteiger partial charge in [-0.05, 0) is 50.9 Å². The molecule has 1 fully saturated rings. The van der Waals surface area contributed by atoms with Gasteiger partial charge < -0.3 is 18.9 Å². The van der Waals surface area contributed by atoms with Crippen molar-refractivity contribution in [2.45, 2.75) is 45.4 Å². The summed E-state index contributed by atoms with van der Waals surface area (Å²) in [6.45, 7) is 9.68. The normalized spacial score (nSPS) is 20.5. The number of carbonyl (C=O) groups is 1. The van der Waals surface area contributed by atoms with Gasteiger partial charge in [0.25, 0.3) is 5.91 Å². The average molecular weight is 379 g/mol. The van der Waals surface area contributed by atoms with E-state index >= 15 is 0 Å². The first-order valence-electron chi connectivity index (χ1n) is 9.72. The topological polar surface area (TPSA) is 48.0 Å². The summed E-state index contributed by atoms with van der Waals surface area (Å²) in [5.74, 6) is 0.574. The quantitative estimate of drug-likeness (QED) is 0.770. The van der Waals surface area contributed by atoms with Gasteiger partial charge in [0.1, 0.15) is 12.4 Å². The van der Waals surface area contributed by atoms with Crippen LogP contribution < -0.4 is 10.2 Å². The molecule has 5 nitrogen and oxygen atoms in total. The number of nitrogens with zero attached hydrogens (tertiary/aromatic N) is 1. The van der Waals surface area contributed by atoms with Gasteiger partial charge in [0.15, 0.2) is 0 Å². The van der Waals surface area contributed by atoms with Crippen LogP contribution in [0.15, 0.2) is 48.5 Å². The summed E-state index contributed by atoms with van der Waals surface area (Å²) in [5, 5.41) is 0. The van der Waals surface area contributed by atoms with E-state index in [1.54, 1.807) is 0 Å². The maximum atomic E-state index is 13.1. The van der Waals surface area contributed by atoms with Gasteiger partial charge in [-0.1, -0.05) is 36.4 Å². The third-order valence-corrected chi connectivity index (χ3v) is 5.88. The molecule has 2 aliphatic heterocycles. The molecule has 1 amide bonds. The van der Waals surface area contributed by atoms with Crippen molar-refractivity contribution >= 4 is 18.5 Å². The molecule has 0 saturated carbocycles. The Morgan fingerprint density at radius 1 is 1.00 bits per heavy atom. The van der Waals surface area contributed by atoms with E-state index in [1.807, 2.05) is 81.1 Å². The minimum Gasteiger partial charge on any atom is -0.491 e. The maximum absolute atomic E-state index is 13.1. The van der Waals surface area contributed by atoms with Crippen molar-refractivity contribution in [2.24, 2.45) is 0 Å². The van der Waals surface area contributed by atoms with Gasteiger partial charge in [0, 0.05) is 6.54 Å². The van der Waals surface area contributed by atoms with Crippen LogP contribution >= 0.6 is 0 Å². The van der Waals surface area contributed by atoms with E-state index in [0.717, 1.165) is 11.0 Å². The maximum Gasteiger partial charge on any atom is 0.494 e. The molecule has 2 aromatic rings. The van der Waals surface area contributed by atoms with Gasteiger partial charge in [-0.3, -0.25) is 4.79 Å². The van der Waals surface area contributed by atoms with Crippen LogP contribution in [-0.2, 0) is 15.9 Å². The Bertz CT molecular complexity index is 865. The van der Waals surface area contributed by atoms with Gasteiger partial charge in [-0.15, -0.1) is 0 Å². The van der Waals surface area contributed by atoms with Crippen molar-refractivity contribution < 1.29 is 18.8 Å². The summed E-state index contributed by atoms with van der Waals surface area (Å²) in [5.41, 5.74) is 1.73. The third-order valence-electron chi connectivity index (χ3n) is 5.88. The predicted molar refractivity (Wildman–Crippen MR) is 109 cm³/mol. The molecule has 0 N–H and O–H groups in total. The molecular weight excluding hydrogens is 353 g/mol. The Morgan fingerprint density at radius 3 is 2.36 bits per heavy atom. The summed E-state index contributed by atoms with van der Waals surface area (Å²) in [4.78, 5) is 14.9. The minimum absolute atomic E-state index is 0.0168. The molecule has 2 aliphatic rings. The molecule has 0 aromatic heterocycles. The zero-order valence-electron chi connectivity index (χ0n) is 16.9. The molecule has 4 rings (SSSR count). The lowest BCUT2D eigenvalue weighted by molar-refractivity contribution is 0.00578. The Kier molecular flexibility index (Phi) is 4.72. The molecule has 0 bridgehead atoms. The molecule has 146 valence electrons. The molecule has 0 spiro atoms. The number of hydrogen-bond donors (Lipinski definition) is 0. The van der Waals surface area contributed by atoms with Gasteiger partial charge in [-0.2, -0.15) is 0 Å². The van der Waals surface area contributed by atoms with Crippen molar-refractivity contribution in [1.82, 2.24) is 4.90 Å². The summed E-state index contributed by atoms with van der Waals surface area (Å²) in [6, 6.07) is 15.6. The molecule has 2 aromatic carbocycles. The molecular formula is C22H26BNO4. The van der Waals surface area contributed by atoms with Crippen molar-refractivity contribution in [3.63, 3.8) is 0 Å². The first-order chi connectivity index (χ1) is 13.3. The number of fused-ring (bicyclic) bond motifs is 1. The summed E-state index contributed by atoms with van der Waals surface area (Å²) in [6.07, 6.45) is 0. The smallest absolute Gasteiger partial charge is 0.491 e. The lowest BCUT2D eigenvalue weighted by Crippen LogP contribution is -2.41. The minimum atomic E-state index is -0.474. The highest BCUT2D eigenvalue weighted by Crippen LogP contribution is 2.37. The van der Waals surface area contributed by atoms with E-state index < -0.39 is 18.3 Å². The van der Waals surface area contributed by atoms with Gasteiger partial charge in [0.05, 0.1) is 23.3 Å². The third kappa shape index (κ3) is 3.42. The highest BCUT2D eigenvalue weighted by molar-refractivity contribution is 6.62. The molecule has 0 aliphatic carbocycles. The van der Waals surface area contributed by atoms with Crippen LogP contribution in [0.2, 0.25) is 0 Å². The average Bonchev–Trinajstić information content (AvgIpc) is 2.78. The number of carbonyl (C=O) groups excluding carboxylic acids is 1. The van der Waals surface area contributed by atoms with Crippen molar-refractivity contribution in [3.05, 3.63) is 59.7 Å². The van der Waals surface area contributed by atoms with E-state index in [4.69, 9.17) is 14.0 Å². The molecule has 1 saturated heterocycles. The molecule has 0 unspecified atom stereocenters. The summed E-state index contributed by atoms with van der Waals surface area (Å²) in [7, 11) is -0.474. The van der Waals surface area contributed by atoms with Crippen LogP contribution in [0.3, 0.4) is 0 Å². The summed E-state index contributed by atoms with van der Waals surface area (Å²) < 4.78 is 18.2. The van der Waals surface area contributed by atoms with Crippen LogP contribution in [0.25, 0.3) is 0 Å². The van der Waals surface area contributed by atoms with E-state index in [-0.39, 0.29) is 5.91 Å². The van der Waals surface area contributed by atoms with Gasteiger partial charge >= 0.3 is 7.12 Å². The summed E-state index contributed by atoms with van der Waals surface area (Å²) >= 11 is 0. The van der Waals surface area contributed by atoms with Gasteiger partial charge in [-0.25, -0.2) is 0 Å². The first-order valence-corrected chi connectivity index (χ1v) is 9.72. The molecule has 6 heteroatoms. The van der Waals surface area contributed by atoms with E-state index in [0.29, 0.717) is 31.0 Å². The standard InChI is InChI=1S/C22H26BNO4/c1-21(2)22(3,4)28-23(27-21)17-10-11-18-19(14-17)26-13-12-24(20(18)25)15-16-8-6-5-7-9-16/h5-11,14H,12-13,15H2,1-4H3. The Labute approximate surface area is 166 Å². The lowest BCUT2D eigenvalue weighted by Gasteiger charge is -2.32. The van der Waals surface area contributed by atoms with Crippen molar-refractivity contribution in [1.29, 1.82) is 0 Å². The lowest BCUT2D eigenvalue weighted by atomic mass is 9.78. The molecule has 0 radical (unpaired) electrons. The Morgan fingerprint density at radius 2 is 1.68 bits per heavy atom. The first kappa shape index (κ1) is 19.0. The van der Waals surface area contributed by atoms with Crippen LogP contribution in [0, 0.1) is 0 Å².